The second-order valence-corrected chi connectivity index (χ2v) is 10.9. The van der Waals surface area contributed by atoms with Gasteiger partial charge in [-0.05, 0) is 64.5 Å². The summed E-state index contributed by atoms with van der Waals surface area (Å²) in [7, 11) is 0. The highest BCUT2D eigenvalue weighted by atomic mass is 16.7. The second kappa shape index (κ2) is 10.7. The smallest absolute Gasteiger partial charge is 0.339 e. The molecule has 4 rings (SSSR count). The fourth-order valence-electron chi connectivity index (χ4n) is 5.91. The largest absolute Gasteiger partial charge is 0.487 e. The molecule has 7 atom stereocenters. The van der Waals surface area contributed by atoms with E-state index in [-0.39, 0.29) is 23.1 Å². The maximum absolute atomic E-state index is 12.7. The van der Waals surface area contributed by atoms with E-state index >= 15 is 0 Å². The van der Waals surface area contributed by atoms with E-state index in [1.54, 1.807) is 12.1 Å². The molecular formula is C28H38O9. The van der Waals surface area contributed by atoms with Crippen LogP contribution in [0.4, 0.5) is 0 Å². The van der Waals surface area contributed by atoms with Crippen LogP contribution in [-0.2, 0) is 11.2 Å². The van der Waals surface area contributed by atoms with Crippen LogP contribution in [0.2, 0.25) is 0 Å². The van der Waals surface area contributed by atoms with Crippen molar-refractivity contribution < 1.29 is 44.5 Å². The Hall–Kier alpha value is -2.43. The summed E-state index contributed by atoms with van der Waals surface area (Å²) in [5, 5.41) is 51.0. The average molecular weight is 519 g/mol. The van der Waals surface area contributed by atoms with E-state index in [0.29, 0.717) is 36.1 Å². The molecule has 1 aliphatic carbocycles. The van der Waals surface area contributed by atoms with Crippen LogP contribution in [0.25, 0.3) is 0 Å². The average Bonchev–Trinajstić information content (AvgIpc) is 2.82. The Morgan fingerprint density at radius 3 is 2.65 bits per heavy atom. The van der Waals surface area contributed by atoms with E-state index in [1.165, 1.54) is 5.57 Å². The van der Waals surface area contributed by atoms with Crippen molar-refractivity contribution in [1.82, 2.24) is 0 Å². The predicted molar refractivity (Wildman–Crippen MR) is 135 cm³/mol. The Balaban J connectivity index is 1.91. The van der Waals surface area contributed by atoms with Gasteiger partial charge in [0.25, 0.3) is 0 Å². The second-order valence-electron chi connectivity index (χ2n) is 10.9. The maximum atomic E-state index is 12.7. The highest BCUT2D eigenvalue weighted by Gasteiger charge is 2.49. The number of unbranched alkanes of at least 4 members (excludes halogenated alkanes) is 1. The van der Waals surface area contributed by atoms with E-state index in [2.05, 4.69) is 12.7 Å². The molecule has 37 heavy (non-hydrogen) atoms. The molecule has 0 amide bonds. The van der Waals surface area contributed by atoms with Crippen molar-refractivity contribution in [3.63, 3.8) is 0 Å². The number of allylic oxidation sites excluding steroid dienone is 3. The summed E-state index contributed by atoms with van der Waals surface area (Å²) in [6.07, 6.45) is 1.07. The Morgan fingerprint density at radius 2 is 2.00 bits per heavy atom. The number of hydrogen-bond acceptors (Lipinski definition) is 8. The molecular weight excluding hydrogens is 480 g/mol. The third-order valence-corrected chi connectivity index (χ3v) is 7.93. The number of hydrogen-bond donors (Lipinski definition) is 5. The van der Waals surface area contributed by atoms with Gasteiger partial charge in [0.1, 0.15) is 28.8 Å². The summed E-state index contributed by atoms with van der Waals surface area (Å²) >= 11 is 0. The summed E-state index contributed by atoms with van der Waals surface area (Å²) in [5.74, 6) is -1.91. The molecule has 9 nitrogen and oxygen atoms in total. The zero-order chi connectivity index (χ0) is 27.1. The SMILES string of the molecule is C=CCCCc1cc2c(c(O[C@H]3O[C@H](O)[C@@H](O)[C@H](O)[C@H]3CO)c1C(=O)O)C1C=C(C)CCC1C(C)(C)O2. The highest BCUT2D eigenvalue weighted by molar-refractivity contribution is 5.94. The van der Waals surface area contributed by atoms with E-state index in [4.69, 9.17) is 14.2 Å². The van der Waals surface area contributed by atoms with Gasteiger partial charge >= 0.3 is 5.97 Å². The van der Waals surface area contributed by atoms with Crippen molar-refractivity contribution in [2.75, 3.05) is 6.61 Å². The van der Waals surface area contributed by atoms with Crippen molar-refractivity contribution >= 4 is 5.97 Å². The zero-order valence-electron chi connectivity index (χ0n) is 21.6. The molecule has 2 aliphatic heterocycles. The summed E-state index contributed by atoms with van der Waals surface area (Å²) in [5.41, 5.74) is 1.71. The predicted octanol–water partition coefficient (Wildman–Crippen LogP) is 2.89. The molecule has 9 heteroatoms. The van der Waals surface area contributed by atoms with Gasteiger partial charge in [-0.15, -0.1) is 6.58 Å². The van der Waals surface area contributed by atoms with Crippen molar-refractivity contribution in [3.05, 3.63) is 47.1 Å². The molecule has 0 spiro atoms. The number of aryl methyl sites for hydroxylation is 1. The number of aromatic carboxylic acids is 1. The Morgan fingerprint density at radius 1 is 1.27 bits per heavy atom. The number of fused-ring (bicyclic) bond motifs is 3. The number of carbonyl (C=O) groups is 1. The minimum absolute atomic E-state index is 0.0364. The number of aliphatic hydroxyl groups is 4. The fraction of sp³-hybridized carbons (Fsp3) is 0.607. The molecule has 0 saturated carbocycles. The molecule has 204 valence electrons. The van der Waals surface area contributed by atoms with Crippen molar-refractivity contribution in [2.24, 2.45) is 11.8 Å². The van der Waals surface area contributed by atoms with Crippen LogP contribution in [-0.4, -0.2) is 68.5 Å². The number of ether oxygens (including phenoxy) is 3. The Bertz CT molecular complexity index is 1060. The first-order valence-electron chi connectivity index (χ1n) is 12.9. The van der Waals surface area contributed by atoms with Gasteiger partial charge in [-0.2, -0.15) is 0 Å². The molecule has 1 aromatic rings. The van der Waals surface area contributed by atoms with Crippen LogP contribution in [0.1, 0.15) is 73.9 Å². The minimum Gasteiger partial charge on any atom is -0.487 e. The molecule has 1 aromatic carbocycles. The lowest BCUT2D eigenvalue weighted by Crippen LogP contribution is -2.57. The lowest BCUT2D eigenvalue weighted by atomic mass is 9.67. The van der Waals surface area contributed by atoms with Crippen molar-refractivity contribution in [2.45, 2.75) is 89.2 Å². The lowest BCUT2D eigenvalue weighted by Gasteiger charge is -2.47. The molecule has 0 radical (unpaired) electrons. The summed E-state index contributed by atoms with van der Waals surface area (Å²) in [6, 6.07) is 1.78. The van der Waals surface area contributed by atoms with Gasteiger partial charge in [0, 0.05) is 17.4 Å². The summed E-state index contributed by atoms with van der Waals surface area (Å²) < 4.78 is 18.2. The highest BCUT2D eigenvalue weighted by Crippen LogP contribution is 2.55. The number of aliphatic hydroxyl groups excluding tert-OH is 4. The monoisotopic (exact) mass is 518 g/mol. The third-order valence-electron chi connectivity index (χ3n) is 7.93. The van der Waals surface area contributed by atoms with Crippen molar-refractivity contribution in [1.29, 1.82) is 0 Å². The number of carboxylic acid groups (broad SMARTS) is 1. The van der Waals surface area contributed by atoms with E-state index in [1.807, 2.05) is 20.8 Å². The third kappa shape index (κ3) is 5.15. The zero-order valence-corrected chi connectivity index (χ0v) is 21.6. The van der Waals surface area contributed by atoms with Gasteiger partial charge in [0.15, 0.2) is 6.29 Å². The normalized spacial score (nSPS) is 32.4. The van der Waals surface area contributed by atoms with Crippen LogP contribution in [0.15, 0.2) is 30.4 Å². The Labute approximate surface area is 217 Å². The first-order valence-corrected chi connectivity index (χ1v) is 12.9. The maximum Gasteiger partial charge on any atom is 0.339 e. The molecule has 2 heterocycles. The molecule has 0 bridgehead atoms. The van der Waals surface area contributed by atoms with Crippen LogP contribution in [0.3, 0.4) is 0 Å². The molecule has 1 fully saturated rings. The number of benzene rings is 1. The van der Waals surface area contributed by atoms with Gasteiger partial charge in [0.2, 0.25) is 6.29 Å². The standard InChI is InChI=1S/C28H38O9/c1-5-6-7-8-15-12-19-21(16-11-14(2)9-10-18(16)28(3,4)37-19)24(20(15)25(32)33)35-27-17(13-29)22(30)23(31)26(34)36-27/h5,11-12,16-18,22-23,26-27,29-31,34H,1,6-10,13H2,2-4H3,(H,32,33)/t16?,17-,18?,22-,23+,26+,27+/m1/s1. The van der Waals surface area contributed by atoms with Crippen LogP contribution in [0.5, 0.6) is 11.5 Å². The Kier molecular flexibility index (Phi) is 8.02. The molecule has 3 aliphatic rings. The van der Waals surface area contributed by atoms with Gasteiger partial charge in [0.05, 0.1) is 18.6 Å². The summed E-state index contributed by atoms with van der Waals surface area (Å²) in [6.45, 7) is 9.23. The molecule has 1 saturated heterocycles. The van der Waals surface area contributed by atoms with E-state index in [9.17, 15) is 30.3 Å². The van der Waals surface area contributed by atoms with Gasteiger partial charge in [-0.1, -0.05) is 17.7 Å². The van der Waals surface area contributed by atoms with Crippen LogP contribution in [0, 0.1) is 11.8 Å². The van der Waals surface area contributed by atoms with Gasteiger partial charge in [-0.3, -0.25) is 0 Å². The molecule has 5 N–H and O–H groups in total. The fourth-order valence-corrected chi connectivity index (χ4v) is 5.91. The van der Waals surface area contributed by atoms with E-state index in [0.717, 1.165) is 12.8 Å². The van der Waals surface area contributed by atoms with Crippen LogP contribution < -0.4 is 9.47 Å². The van der Waals surface area contributed by atoms with Gasteiger partial charge < -0.3 is 39.7 Å². The lowest BCUT2D eigenvalue weighted by molar-refractivity contribution is -0.313. The first kappa shape index (κ1) is 27.6. The van der Waals surface area contributed by atoms with Crippen LogP contribution >= 0.6 is 0 Å². The first-order chi connectivity index (χ1) is 17.5. The summed E-state index contributed by atoms with van der Waals surface area (Å²) in [4.78, 5) is 12.7. The number of rotatable bonds is 8. The van der Waals surface area contributed by atoms with Crippen molar-refractivity contribution in [3.8, 4) is 11.5 Å². The number of carboxylic acids is 1. The van der Waals surface area contributed by atoms with Gasteiger partial charge in [-0.25, -0.2) is 4.79 Å². The van der Waals surface area contributed by atoms with E-state index < -0.39 is 48.9 Å². The topological polar surface area (TPSA) is 146 Å². The molecule has 0 aromatic heterocycles. The quantitative estimate of drug-likeness (QED) is 0.259. The molecule has 2 unspecified atom stereocenters. The minimum atomic E-state index is -1.78.